The van der Waals surface area contributed by atoms with E-state index in [-0.39, 0.29) is 11.7 Å². The van der Waals surface area contributed by atoms with Crippen molar-refractivity contribution in [3.63, 3.8) is 0 Å². The van der Waals surface area contributed by atoms with Crippen LogP contribution in [0.5, 0.6) is 5.75 Å². The average molecular weight is 497 g/mol. The molecule has 35 heavy (non-hydrogen) atoms. The van der Waals surface area contributed by atoms with Gasteiger partial charge in [0.15, 0.2) is 5.17 Å². The molecule has 0 radical (unpaired) electrons. The number of para-hydroxylation sites is 1. The van der Waals surface area contributed by atoms with Crippen LogP contribution in [0.15, 0.2) is 105 Å². The van der Waals surface area contributed by atoms with E-state index in [4.69, 9.17) is 4.99 Å². The van der Waals surface area contributed by atoms with E-state index in [2.05, 4.69) is 22.0 Å². The fourth-order valence-electron chi connectivity index (χ4n) is 4.17. The van der Waals surface area contributed by atoms with Gasteiger partial charge in [-0.1, -0.05) is 54.2 Å². The van der Waals surface area contributed by atoms with E-state index in [9.17, 15) is 9.90 Å². The van der Waals surface area contributed by atoms with Gasteiger partial charge in [0, 0.05) is 23.5 Å². The fraction of sp³-hybridized carbons (Fsp3) is 0.0741. The first-order chi connectivity index (χ1) is 17.1. The molecule has 0 bridgehead atoms. The lowest BCUT2D eigenvalue weighted by atomic mass is 10.1. The van der Waals surface area contributed by atoms with E-state index < -0.39 is 0 Å². The van der Waals surface area contributed by atoms with Gasteiger partial charge in [-0.2, -0.15) is 0 Å². The zero-order valence-electron chi connectivity index (χ0n) is 18.8. The van der Waals surface area contributed by atoms with Gasteiger partial charge in [-0.3, -0.25) is 14.7 Å². The van der Waals surface area contributed by atoms with Crippen LogP contribution in [0.4, 0.5) is 11.4 Å². The standard InChI is InChI=1S/C27H20N4O2S2/c1-30-20-11-5-6-12-22(20)34-26(30)24-25(33)31(16-17-8-3-2-4-9-17)27(35-24)29-19-13-14-21(32)23-18(19)10-7-15-28-23/h2-15,32H,16H2,1H3/b26-24-,29-27?. The summed E-state index contributed by atoms with van der Waals surface area (Å²) in [6.45, 7) is 0.415. The number of thioether (sulfide) groups is 2. The Morgan fingerprint density at radius 3 is 2.57 bits per heavy atom. The van der Waals surface area contributed by atoms with Crippen LogP contribution in [0.2, 0.25) is 0 Å². The number of pyridine rings is 1. The first-order valence-corrected chi connectivity index (χ1v) is 12.7. The van der Waals surface area contributed by atoms with Crippen LogP contribution in [0, 0.1) is 0 Å². The van der Waals surface area contributed by atoms with Crippen molar-refractivity contribution in [2.24, 2.45) is 4.99 Å². The summed E-state index contributed by atoms with van der Waals surface area (Å²) >= 11 is 2.99. The quantitative estimate of drug-likeness (QED) is 0.345. The minimum atomic E-state index is -0.0685. The Labute approximate surface area is 211 Å². The molecule has 1 aromatic heterocycles. The molecular weight excluding hydrogens is 476 g/mol. The number of phenolic OH excluding ortho intramolecular Hbond substituents is 1. The van der Waals surface area contributed by atoms with Gasteiger partial charge in [-0.25, -0.2) is 4.99 Å². The SMILES string of the molecule is CN1/C(=C2/SC(=Nc3ccc(O)c4ncccc34)N(Cc3ccccc3)C2=O)Sc2ccccc21. The number of hydrogen-bond acceptors (Lipinski definition) is 7. The number of aromatic nitrogens is 1. The van der Waals surface area contributed by atoms with Gasteiger partial charge in [0.2, 0.25) is 0 Å². The number of nitrogens with zero attached hydrogens (tertiary/aromatic N) is 4. The molecular formula is C27H20N4O2S2. The van der Waals surface area contributed by atoms with E-state index >= 15 is 0 Å². The van der Waals surface area contributed by atoms with Gasteiger partial charge in [0.05, 0.1) is 22.9 Å². The highest BCUT2D eigenvalue weighted by atomic mass is 32.2. The van der Waals surface area contributed by atoms with Crippen LogP contribution in [-0.4, -0.2) is 33.1 Å². The van der Waals surface area contributed by atoms with Crippen molar-refractivity contribution in [1.29, 1.82) is 0 Å². The second-order valence-corrected chi connectivity index (χ2v) is 10.1. The largest absolute Gasteiger partial charge is 0.506 e. The Morgan fingerprint density at radius 1 is 0.943 bits per heavy atom. The summed E-state index contributed by atoms with van der Waals surface area (Å²) in [5.41, 5.74) is 3.25. The maximum atomic E-state index is 13.8. The van der Waals surface area contributed by atoms with E-state index in [0.29, 0.717) is 27.8 Å². The minimum absolute atomic E-state index is 0.0685. The van der Waals surface area contributed by atoms with Gasteiger partial charge < -0.3 is 10.0 Å². The number of amides is 1. The monoisotopic (exact) mass is 496 g/mol. The van der Waals surface area contributed by atoms with Crippen molar-refractivity contribution >= 4 is 56.9 Å². The zero-order valence-corrected chi connectivity index (χ0v) is 20.4. The van der Waals surface area contributed by atoms with Crippen molar-refractivity contribution in [3.05, 3.63) is 101 Å². The Bertz CT molecular complexity index is 1540. The third-order valence-electron chi connectivity index (χ3n) is 5.92. The van der Waals surface area contributed by atoms with E-state index in [0.717, 1.165) is 26.6 Å². The summed E-state index contributed by atoms with van der Waals surface area (Å²) in [7, 11) is 1.99. The Kier molecular flexibility index (Phi) is 5.47. The molecule has 8 heteroatoms. The summed E-state index contributed by atoms with van der Waals surface area (Å²) < 4.78 is 0. The third-order valence-corrected chi connectivity index (χ3v) is 8.35. The summed E-state index contributed by atoms with van der Waals surface area (Å²) in [5, 5.41) is 12.5. The van der Waals surface area contributed by atoms with E-state index in [1.807, 2.05) is 61.6 Å². The number of aliphatic imine (C=N–C) groups is 1. The van der Waals surface area contributed by atoms with Crippen LogP contribution in [-0.2, 0) is 11.3 Å². The van der Waals surface area contributed by atoms with Gasteiger partial charge in [0.25, 0.3) is 5.91 Å². The number of hydrogen-bond donors (Lipinski definition) is 1. The molecule has 1 N–H and O–H groups in total. The third kappa shape index (κ3) is 3.84. The van der Waals surface area contributed by atoms with Crippen LogP contribution >= 0.6 is 23.5 Å². The molecule has 4 aromatic rings. The van der Waals surface area contributed by atoms with Crippen molar-refractivity contribution in [2.45, 2.75) is 11.4 Å². The molecule has 0 unspecified atom stereocenters. The van der Waals surface area contributed by atoms with E-state index in [1.54, 1.807) is 35.0 Å². The lowest BCUT2D eigenvalue weighted by molar-refractivity contribution is -0.122. The number of carbonyl (C=O) groups is 1. The number of fused-ring (bicyclic) bond motifs is 2. The smallest absolute Gasteiger partial charge is 0.269 e. The molecule has 0 saturated carbocycles. The molecule has 2 aliphatic rings. The van der Waals surface area contributed by atoms with E-state index in [1.165, 1.54) is 11.8 Å². The molecule has 1 fully saturated rings. The zero-order chi connectivity index (χ0) is 23.9. The number of rotatable bonds is 3. The normalized spacial score (nSPS) is 18.7. The average Bonchev–Trinajstić information content (AvgIpc) is 3.38. The second-order valence-electron chi connectivity index (χ2n) is 8.14. The summed E-state index contributed by atoms with van der Waals surface area (Å²) in [5.74, 6) is 0.0337. The van der Waals surface area contributed by atoms with Crippen LogP contribution in [0.1, 0.15) is 5.56 Å². The van der Waals surface area contributed by atoms with Crippen LogP contribution < -0.4 is 4.90 Å². The highest BCUT2D eigenvalue weighted by Gasteiger charge is 2.39. The summed E-state index contributed by atoms with van der Waals surface area (Å²) in [4.78, 5) is 28.6. The molecule has 0 atom stereocenters. The topological polar surface area (TPSA) is 69.0 Å². The molecule has 3 heterocycles. The Hall–Kier alpha value is -3.75. The lowest BCUT2D eigenvalue weighted by Crippen LogP contribution is -2.29. The molecule has 0 spiro atoms. The number of phenols is 1. The molecule has 172 valence electrons. The second kappa shape index (κ2) is 8.79. The Balaban J connectivity index is 1.46. The molecule has 6 rings (SSSR count). The first kappa shape index (κ1) is 21.8. The van der Waals surface area contributed by atoms with Crippen molar-refractivity contribution in [1.82, 2.24) is 9.88 Å². The van der Waals surface area contributed by atoms with Crippen molar-refractivity contribution in [3.8, 4) is 5.75 Å². The highest BCUT2D eigenvalue weighted by molar-refractivity contribution is 8.19. The summed E-state index contributed by atoms with van der Waals surface area (Å²) in [6, 6.07) is 25.1. The predicted octanol–water partition coefficient (Wildman–Crippen LogP) is 6.11. The number of benzene rings is 3. The number of carbonyl (C=O) groups excluding carboxylic acids is 1. The van der Waals surface area contributed by atoms with Crippen molar-refractivity contribution < 1.29 is 9.90 Å². The van der Waals surface area contributed by atoms with Crippen molar-refractivity contribution in [2.75, 3.05) is 11.9 Å². The molecule has 1 amide bonds. The Morgan fingerprint density at radius 2 is 1.74 bits per heavy atom. The number of aromatic hydroxyl groups is 1. The number of amidine groups is 1. The molecule has 2 aliphatic heterocycles. The maximum absolute atomic E-state index is 13.8. The first-order valence-electron chi connectivity index (χ1n) is 11.0. The maximum Gasteiger partial charge on any atom is 0.269 e. The minimum Gasteiger partial charge on any atom is -0.506 e. The highest BCUT2D eigenvalue weighted by Crippen LogP contribution is 2.50. The fourth-order valence-corrected chi connectivity index (χ4v) is 6.50. The molecule has 6 nitrogen and oxygen atoms in total. The molecule has 1 saturated heterocycles. The lowest BCUT2D eigenvalue weighted by Gasteiger charge is -2.17. The van der Waals surface area contributed by atoms with Crippen LogP contribution in [0.3, 0.4) is 0 Å². The summed E-state index contributed by atoms with van der Waals surface area (Å²) in [6.07, 6.45) is 1.64. The molecule has 3 aromatic carbocycles. The van der Waals surface area contributed by atoms with Crippen LogP contribution in [0.25, 0.3) is 10.9 Å². The van der Waals surface area contributed by atoms with Gasteiger partial charge in [-0.15, -0.1) is 0 Å². The van der Waals surface area contributed by atoms with Gasteiger partial charge in [-0.05, 0) is 53.7 Å². The predicted molar refractivity (Wildman–Crippen MR) is 143 cm³/mol. The van der Waals surface area contributed by atoms with Gasteiger partial charge >= 0.3 is 0 Å². The number of anilines is 1. The van der Waals surface area contributed by atoms with Gasteiger partial charge in [0.1, 0.15) is 16.2 Å². The molecule has 0 aliphatic carbocycles.